The number of phenols is 1. The van der Waals surface area contributed by atoms with Crippen molar-refractivity contribution in [2.45, 2.75) is 45.6 Å². The summed E-state index contributed by atoms with van der Waals surface area (Å²) in [5.41, 5.74) is -1.26. The third-order valence-corrected chi connectivity index (χ3v) is 4.92. The molecule has 0 aliphatic heterocycles. The molecule has 4 nitrogen and oxygen atoms in total. The van der Waals surface area contributed by atoms with Gasteiger partial charge < -0.3 is 14.3 Å². The third kappa shape index (κ3) is 2.72. The first kappa shape index (κ1) is 17.7. The molecule has 0 saturated carbocycles. The van der Waals surface area contributed by atoms with Crippen molar-refractivity contribution in [1.29, 1.82) is 0 Å². The van der Waals surface area contributed by atoms with Crippen LogP contribution in [-0.2, 0) is 19.4 Å². The lowest BCUT2D eigenvalue weighted by Crippen LogP contribution is -2.63. The molecule has 0 bridgehead atoms. The number of benzene rings is 1. The molecule has 1 aromatic carbocycles. The van der Waals surface area contributed by atoms with Crippen LogP contribution < -0.4 is 0 Å². The normalized spacial score (nSPS) is 15.5. The summed E-state index contributed by atoms with van der Waals surface area (Å²) < 4.78 is 11.0. The highest BCUT2D eigenvalue weighted by Gasteiger charge is 2.60. The van der Waals surface area contributed by atoms with Gasteiger partial charge in [0, 0.05) is 10.8 Å². The van der Waals surface area contributed by atoms with Gasteiger partial charge in [0.15, 0.2) is 5.60 Å². The minimum atomic E-state index is -1.10. The van der Waals surface area contributed by atoms with Crippen molar-refractivity contribution in [3.05, 3.63) is 29.8 Å². The van der Waals surface area contributed by atoms with Crippen LogP contribution in [0.25, 0.3) is 0 Å². The molecule has 5 heteroatoms. The van der Waals surface area contributed by atoms with Crippen LogP contribution in [-0.4, -0.2) is 34.3 Å². The average molecular weight is 310 g/mol. The number of hydrogen-bond acceptors (Lipinski definition) is 4. The lowest BCUT2D eigenvalue weighted by Gasteiger charge is -2.51. The van der Waals surface area contributed by atoms with E-state index in [4.69, 9.17) is 9.16 Å². The fourth-order valence-electron chi connectivity index (χ4n) is 3.37. The molecule has 0 spiro atoms. The summed E-state index contributed by atoms with van der Waals surface area (Å²) >= 11 is 0. The molecular formula is C16H26O4Si. The number of carbonyl (C=O) groups excluding carboxylic acids is 1. The van der Waals surface area contributed by atoms with Gasteiger partial charge in [0.1, 0.15) is 16.2 Å². The molecule has 1 atom stereocenters. The van der Waals surface area contributed by atoms with Crippen molar-refractivity contribution in [3.63, 3.8) is 0 Å². The van der Waals surface area contributed by atoms with Gasteiger partial charge in [0.25, 0.3) is 0 Å². The third-order valence-electron chi connectivity index (χ3n) is 4.30. The van der Waals surface area contributed by atoms with Crippen molar-refractivity contribution >= 4 is 16.5 Å². The largest absolute Gasteiger partial charge is 0.508 e. The Morgan fingerprint density at radius 1 is 1.10 bits per heavy atom. The van der Waals surface area contributed by atoms with E-state index >= 15 is 0 Å². The van der Waals surface area contributed by atoms with Crippen LogP contribution in [0, 0.1) is 5.41 Å². The quantitative estimate of drug-likeness (QED) is 0.682. The molecule has 1 N–H and O–H groups in total. The van der Waals surface area contributed by atoms with Crippen molar-refractivity contribution in [2.24, 2.45) is 5.41 Å². The number of phenolic OH excluding ortho intramolecular Hbond substituents is 1. The Morgan fingerprint density at radius 3 is 1.90 bits per heavy atom. The first-order valence-corrected chi connectivity index (χ1v) is 7.79. The minimum Gasteiger partial charge on any atom is -0.508 e. The molecule has 0 aliphatic rings. The van der Waals surface area contributed by atoms with Gasteiger partial charge in [-0.2, -0.15) is 0 Å². The number of hydrogen-bond donors (Lipinski definition) is 1. The van der Waals surface area contributed by atoms with Crippen LogP contribution >= 0.6 is 0 Å². The Balaban J connectivity index is 3.57. The molecule has 0 aromatic heterocycles. The van der Waals surface area contributed by atoms with E-state index in [1.54, 1.807) is 12.1 Å². The molecule has 0 unspecified atom stereocenters. The van der Waals surface area contributed by atoms with Crippen LogP contribution in [0.2, 0.25) is 0 Å². The Hall–Kier alpha value is -1.33. The number of carbonyl (C=O) groups is 1. The highest BCUT2D eigenvalue weighted by molar-refractivity contribution is 6.01. The van der Waals surface area contributed by atoms with Gasteiger partial charge in [-0.3, -0.25) is 0 Å². The number of esters is 1. The van der Waals surface area contributed by atoms with E-state index < -0.39 is 16.4 Å². The molecule has 0 amide bonds. The summed E-state index contributed by atoms with van der Waals surface area (Å²) in [4.78, 5) is 12.6. The zero-order valence-electron chi connectivity index (χ0n) is 14.0. The van der Waals surface area contributed by atoms with E-state index in [2.05, 4.69) is 0 Å². The molecule has 0 heterocycles. The van der Waals surface area contributed by atoms with E-state index in [9.17, 15) is 9.90 Å². The highest BCUT2D eigenvalue weighted by Crippen LogP contribution is 2.49. The summed E-state index contributed by atoms with van der Waals surface area (Å²) in [5.74, 6) is -0.177. The van der Waals surface area contributed by atoms with Gasteiger partial charge in [0.05, 0.1) is 7.11 Å². The zero-order valence-corrected chi connectivity index (χ0v) is 16.0. The summed E-state index contributed by atoms with van der Waals surface area (Å²) in [7, 11) is 1.79. The number of rotatable bonds is 4. The fourth-order valence-corrected chi connectivity index (χ4v) is 4.66. The van der Waals surface area contributed by atoms with E-state index in [0.29, 0.717) is 10.5 Å². The monoisotopic (exact) mass is 310 g/mol. The van der Waals surface area contributed by atoms with E-state index in [0.717, 1.165) is 5.56 Å². The van der Waals surface area contributed by atoms with Crippen LogP contribution in [0.4, 0.5) is 0 Å². The van der Waals surface area contributed by atoms with Gasteiger partial charge in [-0.25, -0.2) is 4.79 Å². The lowest BCUT2D eigenvalue weighted by molar-refractivity contribution is -0.180. The van der Waals surface area contributed by atoms with Gasteiger partial charge in [-0.1, -0.05) is 46.8 Å². The molecule has 21 heavy (non-hydrogen) atoms. The van der Waals surface area contributed by atoms with Crippen LogP contribution in [0.5, 0.6) is 5.75 Å². The summed E-state index contributed by atoms with van der Waals surface area (Å²) in [6, 6.07) is 6.88. The maximum Gasteiger partial charge on any atom is 0.338 e. The van der Waals surface area contributed by atoms with Crippen molar-refractivity contribution in [3.8, 4) is 5.75 Å². The predicted octanol–water partition coefficient (Wildman–Crippen LogP) is 1.92. The summed E-state index contributed by atoms with van der Waals surface area (Å²) in [6.07, 6.45) is 0. The molecule has 118 valence electrons. The Morgan fingerprint density at radius 2 is 1.57 bits per heavy atom. The number of ether oxygens (including phenoxy) is 1. The molecule has 0 fully saturated rings. The smallest absolute Gasteiger partial charge is 0.338 e. The van der Waals surface area contributed by atoms with Gasteiger partial charge in [-0.05, 0) is 17.7 Å². The number of aromatic hydroxyl groups is 1. The molecule has 1 rings (SSSR count). The van der Waals surface area contributed by atoms with E-state index in [1.165, 1.54) is 7.11 Å². The SMILES string of the molecule is COC(=O)[C@](O[SiH3])(C(C)(C)C)C(C)(C)c1ccc(O)cc1. The fraction of sp³-hybridized carbons (Fsp3) is 0.562. The second kappa shape index (κ2) is 5.81. The first-order valence-electron chi connectivity index (χ1n) is 6.97. The van der Waals surface area contributed by atoms with Crippen molar-refractivity contribution in [2.75, 3.05) is 7.11 Å². The van der Waals surface area contributed by atoms with Crippen LogP contribution in [0.1, 0.15) is 40.2 Å². The second-order valence-corrected chi connectivity index (χ2v) is 7.21. The highest BCUT2D eigenvalue weighted by atomic mass is 28.2. The lowest BCUT2D eigenvalue weighted by atomic mass is 9.59. The van der Waals surface area contributed by atoms with Gasteiger partial charge in [-0.15, -0.1) is 0 Å². The van der Waals surface area contributed by atoms with Gasteiger partial charge >= 0.3 is 5.97 Å². The average Bonchev–Trinajstić information content (AvgIpc) is 2.38. The Labute approximate surface area is 130 Å². The first-order chi connectivity index (χ1) is 9.54. The second-order valence-electron chi connectivity index (χ2n) is 6.80. The number of methoxy groups -OCH3 is 1. The summed E-state index contributed by atoms with van der Waals surface area (Å²) in [5, 5.41) is 9.48. The zero-order chi connectivity index (χ0) is 16.5. The van der Waals surface area contributed by atoms with E-state index in [1.807, 2.05) is 46.8 Å². The Kier molecular flexibility index (Phi) is 4.90. The Bertz CT molecular complexity index is 502. The standard InChI is InChI=1S/C16H26O4Si/c1-14(2,3)16(20-21,13(18)19-6)15(4,5)11-7-9-12(17)10-8-11/h7-10,17H,1-6,21H3/t16-/m0/s1. The van der Waals surface area contributed by atoms with Gasteiger partial charge in [0.2, 0.25) is 0 Å². The predicted molar refractivity (Wildman–Crippen MR) is 86.4 cm³/mol. The molecule has 1 aromatic rings. The molecule has 0 radical (unpaired) electrons. The summed E-state index contributed by atoms with van der Waals surface area (Å²) in [6.45, 7) is 9.87. The van der Waals surface area contributed by atoms with Crippen molar-refractivity contribution < 1.29 is 19.1 Å². The molecule has 0 aliphatic carbocycles. The molecule has 0 saturated heterocycles. The maximum atomic E-state index is 12.6. The van der Waals surface area contributed by atoms with Crippen LogP contribution in [0.3, 0.4) is 0 Å². The van der Waals surface area contributed by atoms with Crippen molar-refractivity contribution in [1.82, 2.24) is 0 Å². The minimum absolute atomic E-state index is 0.195. The van der Waals surface area contributed by atoms with Crippen LogP contribution in [0.15, 0.2) is 24.3 Å². The molecular weight excluding hydrogens is 284 g/mol. The van der Waals surface area contributed by atoms with E-state index in [-0.39, 0.29) is 11.7 Å². The topological polar surface area (TPSA) is 55.8 Å². The maximum absolute atomic E-state index is 12.6.